The molecular weight excluding hydrogens is 296 g/mol. The Morgan fingerprint density at radius 3 is 2.50 bits per heavy atom. The van der Waals surface area contributed by atoms with Crippen LogP contribution in [0, 0.1) is 12.8 Å². The van der Waals surface area contributed by atoms with E-state index in [1.807, 2.05) is 50.4 Å². The molecule has 1 aromatic carbocycles. The van der Waals surface area contributed by atoms with Crippen molar-refractivity contribution < 1.29 is 9.90 Å². The van der Waals surface area contributed by atoms with Crippen molar-refractivity contribution >= 4 is 17.2 Å². The first-order chi connectivity index (χ1) is 10.5. The molecule has 4 nitrogen and oxygen atoms in total. The maximum atomic E-state index is 12.3. The van der Waals surface area contributed by atoms with Crippen LogP contribution in [-0.4, -0.2) is 28.6 Å². The number of thiazole rings is 1. The number of aromatic nitrogens is 1. The highest BCUT2D eigenvalue weighted by atomic mass is 32.1. The van der Waals surface area contributed by atoms with E-state index in [2.05, 4.69) is 10.3 Å². The number of nitrogens with one attached hydrogen (secondary N) is 1. The van der Waals surface area contributed by atoms with Crippen LogP contribution in [0.2, 0.25) is 0 Å². The molecule has 0 saturated carbocycles. The molecule has 118 valence electrons. The number of nitrogens with zero attached hydrogens (tertiary/aromatic N) is 1. The molecule has 1 atom stereocenters. The number of aliphatic hydroxyl groups is 1. The molecule has 1 aromatic heterocycles. The minimum absolute atomic E-state index is 0.0150. The van der Waals surface area contributed by atoms with Crippen LogP contribution < -0.4 is 5.32 Å². The van der Waals surface area contributed by atoms with Gasteiger partial charge in [0.1, 0.15) is 5.01 Å². The van der Waals surface area contributed by atoms with Crippen LogP contribution in [0.25, 0.3) is 10.6 Å². The van der Waals surface area contributed by atoms with Gasteiger partial charge in [-0.25, -0.2) is 4.98 Å². The van der Waals surface area contributed by atoms with Crippen molar-refractivity contribution in [2.45, 2.75) is 33.2 Å². The Morgan fingerprint density at radius 2 is 2.00 bits per heavy atom. The van der Waals surface area contributed by atoms with Crippen molar-refractivity contribution in [2.24, 2.45) is 5.92 Å². The molecule has 1 unspecified atom stereocenters. The monoisotopic (exact) mass is 318 g/mol. The number of aryl methyl sites for hydroxylation is 1. The van der Waals surface area contributed by atoms with Crippen molar-refractivity contribution in [1.29, 1.82) is 0 Å². The van der Waals surface area contributed by atoms with Gasteiger partial charge >= 0.3 is 0 Å². The number of rotatable bonds is 6. The number of carbonyl (C=O) groups is 1. The highest BCUT2D eigenvalue weighted by Gasteiger charge is 2.16. The molecule has 2 N–H and O–H groups in total. The lowest BCUT2D eigenvalue weighted by molar-refractivity contribution is 0.0916. The van der Waals surface area contributed by atoms with E-state index in [1.165, 1.54) is 0 Å². The lowest BCUT2D eigenvalue weighted by atomic mass is 10.0. The number of benzene rings is 1. The fourth-order valence-electron chi connectivity index (χ4n) is 2.21. The van der Waals surface area contributed by atoms with Crippen molar-refractivity contribution in [3.05, 3.63) is 40.9 Å². The van der Waals surface area contributed by atoms with Gasteiger partial charge in [-0.1, -0.05) is 26.0 Å². The molecule has 0 aliphatic heterocycles. The van der Waals surface area contributed by atoms with Gasteiger partial charge in [-0.05, 0) is 31.4 Å². The summed E-state index contributed by atoms with van der Waals surface area (Å²) in [4.78, 5) is 16.7. The van der Waals surface area contributed by atoms with Crippen LogP contribution >= 0.6 is 11.3 Å². The van der Waals surface area contributed by atoms with Crippen LogP contribution in [-0.2, 0) is 0 Å². The predicted octanol–water partition coefficient (Wildman–Crippen LogP) is 3.26. The van der Waals surface area contributed by atoms with Crippen molar-refractivity contribution in [3.8, 4) is 10.6 Å². The van der Waals surface area contributed by atoms with Crippen molar-refractivity contribution in [1.82, 2.24) is 10.3 Å². The molecule has 0 saturated heterocycles. The van der Waals surface area contributed by atoms with Gasteiger partial charge < -0.3 is 10.4 Å². The number of carbonyl (C=O) groups excluding carboxylic acids is 1. The fraction of sp³-hybridized carbons (Fsp3) is 0.412. The summed E-state index contributed by atoms with van der Waals surface area (Å²) >= 11 is 1.60. The van der Waals surface area contributed by atoms with Gasteiger partial charge in [-0.2, -0.15) is 0 Å². The molecule has 0 aliphatic rings. The molecule has 5 heteroatoms. The van der Waals surface area contributed by atoms with Gasteiger partial charge in [0.25, 0.3) is 5.91 Å². The summed E-state index contributed by atoms with van der Waals surface area (Å²) in [6, 6.07) is 7.46. The second kappa shape index (κ2) is 7.51. The predicted molar refractivity (Wildman–Crippen MR) is 90.1 cm³/mol. The Bertz CT molecular complexity index is 620. The molecular formula is C17H22N2O2S. The van der Waals surface area contributed by atoms with Crippen LogP contribution in [0.4, 0.5) is 0 Å². The first-order valence-corrected chi connectivity index (χ1v) is 8.33. The molecule has 0 radical (unpaired) electrons. The number of amides is 1. The average molecular weight is 318 g/mol. The van der Waals surface area contributed by atoms with E-state index in [1.54, 1.807) is 11.3 Å². The van der Waals surface area contributed by atoms with Gasteiger partial charge in [-0.15, -0.1) is 11.3 Å². The van der Waals surface area contributed by atoms with E-state index in [-0.39, 0.29) is 24.5 Å². The Hall–Kier alpha value is -1.72. The quantitative estimate of drug-likeness (QED) is 0.859. The lowest BCUT2D eigenvalue weighted by Gasteiger charge is -2.21. The largest absolute Gasteiger partial charge is 0.396 e. The molecule has 1 heterocycles. The third-order valence-corrected chi connectivity index (χ3v) is 4.58. The molecule has 2 rings (SSSR count). The number of hydrogen-bond acceptors (Lipinski definition) is 4. The van der Waals surface area contributed by atoms with Gasteiger partial charge in [0.15, 0.2) is 0 Å². The maximum Gasteiger partial charge on any atom is 0.251 e. The fourth-order valence-corrected chi connectivity index (χ4v) is 3.02. The van der Waals surface area contributed by atoms with Crippen LogP contribution in [0.15, 0.2) is 29.6 Å². The average Bonchev–Trinajstić information content (AvgIpc) is 2.93. The third kappa shape index (κ3) is 4.15. The minimum atomic E-state index is -0.103. The van der Waals surface area contributed by atoms with Crippen molar-refractivity contribution in [2.75, 3.05) is 6.61 Å². The van der Waals surface area contributed by atoms with E-state index in [0.717, 1.165) is 16.3 Å². The lowest BCUT2D eigenvalue weighted by Crippen LogP contribution is -2.39. The van der Waals surface area contributed by atoms with E-state index in [4.69, 9.17) is 5.11 Å². The smallest absolute Gasteiger partial charge is 0.251 e. The first-order valence-electron chi connectivity index (χ1n) is 7.45. The summed E-state index contributed by atoms with van der Waals surface area (Å²) in [5.74, 6) is 0.183. The first kappa shape index (κ1) is 16.6. The molecule has 0 fully saturated rings. The molecule has 1 amide bonds. The summed E-state index contributed by atoms with van der Waals surface area (Å²) in [5, 5.41) is 15.0. The number of aliphatic hydroxyl groups excluding tert-OH is 1. The van der Waals surface area contributed by atoms with Gasteiger partial charge in [0.2, 0.25) is 0 Å². The zero-order chi connectivity index (χ0) is 16.1. The molecule has 2 aromatic rings. The Labute approximate surface area is 135 Å². The van der Waals surface area contributed by atoms with Gasteiger partial charge in [0.05, 0.1) is 0 Å². The summed E-state index contributed by atoms with van der Waals surface area (Å²) < 4.78 is 0. The second-order valence-electron chi connectivity index (χ2n) is 5.71. The highest BCUT2D eigenvalue weighted by molar-refractivity contribution is 7.13. The molecule has 0 aliphatic carbocycles. The summed E-state index contributed by atoms with van der Waals surface area (Å²) in [6.45, 7) is 6.11. The van der Waals surface area contributed by atoms with Gasteiger partial charge in [-0.3, -0.25) is 4.79 Å². The summed E-state index contributed by atoms with van der Waals surface area (Å²) in [5.41, 5.74) is 2.65. The van der Waals surface area contributed by atoms with E-state index in [0.29, 0.717) is 12.0 Å². The summed E-state index contributed by atoms with van der Waals surface area (Å²) in [7, 11) is 0. The topological polar surface area (TPSA) is 62.2 Å². The minimum Gasteiger partial charge on any atom is -0.396 e. The maximum absolute atomic E-state index is 12.3. The molecule has 0 spiro atoms. The van der Waals surface area contributed by atoms with E-state index < -0.39 is 0 Å². The number of hydrogen-bond donors (Lipinski definition) is 2. The standard InChI is InChI=1S/C17H22N2O2S/c1-11(2)15(8-9-20)19-16(21)13-4-6-14(7-5-13)17-18-12(3)10-22-17/h4-7,10-11,15,20H,8-9H2,1-3H3,(H,19,21). The Kier molecular flexibility index (Phi) is 5.69. The molecule has 22 heavy (non-hydrogen) atoms. The van der Waals surface area contributed by atoms with Crippen LogP contribution in [0.5, 0.6) is 0 Å². The normalized spacial score (nSPS) is 12.4. The molecule has 0 bridgehead atoms. The second-order valence-corrected chi connectivity index (χ2v) is 6.57. The van der Waals surface area contributed by atoms with Gasteiger partial charge in [0, 0.05) is 34.8 Å². The SMILES string of the molecule is Cc1csc(-c2ccc(C(=O)NC(CCO)C(C)C)cc2)n1. The van der Waals surface area contributed by atoms with Crippen LogP contribution in [0.3, 0.4) is 0 Å². The Morgan fingerprint density at radius 1 is 1.32 bits per heavy atom. The zero-order valence-electron chi connectivity index (χ0n) is 13.2. The van der Waals surface area contributed by atoms with E-state index in [9.17, 15) is 4.79 Å². The highest BCUT2D eigenvalue weighted by Crippen LogP contribution is 2.23. The zero-order valence-corrected chi connectivity index (χ0v) is 14.0. The summed E-state index contributed by atoms with van der Waals surface area (Å²) in [6.07, 6.45) is 0.569. The third-order valence-electron chi connectivity index (χ3n) is 3.57. The Balaban J connectivity index is 2.07. The van der Waals surface area contributed by atoms with Crippen molar-refractivity contribution in [3.63, 3.8) is 0 Å². The van der Waals surface area contributed by atoms with Crippen LogP contribution in [0.1, 0.15) is 36.3 Å². The van der Waals surface area contributed by atoms with E-state index >= 15 is 0 Å².